The molecule has 0 radical (unpaired) electrons. The quantitative estimate of drug-likeness (QED) is 0.714. The zero-order valence-corrected chi connectivity index (χ0v) is 12.8. The van der Waals surface area contributed by atoms with Crippen LogP contribution in [-0.4, -0.2) is 59.8 Å². The first-order valence-corrected chi connectivity index (χ1v) is 7.51. The monoisotopic (exact) mass is 254 g/mol. The highest BCUT2D eigenvalue weighted by molar-refractivity contribution is 4.87. The fourth-order valence-corrected chi connectivity index (χ4v) is 3.42. The van der Waals surface area contributed by atoms with Crippen LogP contribution >= 0.6 is 0 Å². The van der Waals surface area contributed by atoms with E-state index in [2.05, 4.69) is 44.4 Å². The van der Waals surface area contributed by atoms with Crippen molar-refractivity contribution in [1.82, 2.24) is 9.80 Å². The molecule has 0 saturated carbocycles. The Morgan fingerprint density at radius 3 is 1.89 bits per heavy atom. The third-order valence-electron chi connectivity index (χ3n) is 4.38. The zero-order chi connectivity index (χ0) is 13.3. The lowest BCUT2D eigenvalue weighted by atomic mass is 9.96. The lowest BCUT2D eigenvalue weighted by molar-refractivity contribution is -0.0886. The molecule has 0 aromatic carbocycles. The smallest absolute Gasteiger partial charge is 0.0678 e. The summed E-state index contributed by atoms with van der Waals surface area (Å²) in [7, 11) is 0. The lowest BCUT2D eigenvalue weighted by Gasteiger charge is -2.46. The Balaban J connectivity index is 1.86. The van der Waals surface area contributed by atoms with Crippen LogP contribution in [0.1, 0.15) is 47.5 Å². The summed E-state index contributed by atoms with van der Waals surface area (Å²) < 4.78 is 5.83. The van der Waals surface area contributed by atoms with Gasteiger partial charge in [-0.25, -0.2) is 0 Å². The van der Waals surface area contributed by atoms with Crippen molar-refractivity contribution in [3.63, 3.8) is 0 Å². The number of piperidine rings is 1. The number of rotatable bonds is 1. The van der Waals surface area contributed by atoms with Gasteiger partial charge in [0.15, 0.2) is 0 Å². The number of likely N-dealkylation sites (tertiary alicyclic amines) is 1. The van der Waals surface area contributed by atoms with Gasteiger partial charge >= 0.3 is 0 Å². The van der Waals surface area contributed by atoms with Crippen LogP contribution in [0.15, 0.2) is 0 Å². The van der Waals surface area contributed by atoms with Gasteiger partial charge in [0.25, 0.3) is 0 Å². The van der Waals surface area contributed by atoms with E-state index in [9.17, 15) is 0 Å². The number of morpholine rings is 1. The largest absolute Gasteiger partial charge is 0.373 e. The molecule has 2 fully saturated rings. The summed E-state index contributed by atoms with van der Waals surface area (Å²) in [5, 5.41) is 0. The van der Waals surface area contributed by atoms with Crippen LogP contribution < -0.4 is 0 Å². The SMILES string of the molecule is CC1CN(C2CCN(C(C)(C)C)CC2)CC(C)O1. The first kappa shape index (κ1) is 14.3. The Morgan fingerprint density at radius 2 is 1.44 bits per heavy atom. The summed E-state index contributed by atoms with van der Waals surface area (Å²) in [6.07, 6.45) is 3.43. The van der Waals surface area contributed by atoms with Gasteiger partial charge in [0.2, 0.25) is 0 Å². The van der Waals surface area contributed by atoms with E-state index in [1.807, 2.05) is 0 Å². The van der Waals surface area contributed by atoms with Crippen LogP contribution in [0.4, 0.5) is 0 Å². The maximum Gasteiger partial charge on any atom is 0.0678 e. The molecular weight excluding hydrogens is 224 g/mol. The van der Waals surface area contributed by atoms with Crippen molar-refractivity contribution in [2.24, 2.45) is 0 Å². The van der Waals surface area contributed by atoms with Crippen LogP contribution in [0.2, 0.25) is 0 Å². The Morgan fingerprint density at radius 1 is 0.944 bits per heavy atom. The van der Waals surface area contributed by atoms with Gasteiger partial charge in [0.05, 0.1) is 12.2 Å². The molecule has 2 rings (SSSR count). The summed E-state index contributed by atoms with van der Waals surface area (Å²) in [5.74, 6) is 0. The molecule has 0 N–H and O–H groups in total. The molecule has 2 atom stereocenters. The maximum absolute atomic E-state index is 5.83. The molecule has 0 amide bonds. The molecule has 2 unspecified atom stereocenters. The Kier molecular flexibility index (Phi) is 4.35. The van der Waals surface area contributed by atoms with E-state index >= 15 is 0 Å². The van der Waals surface area contributed by atoms with Crippen molar-refractivity contribution in [3.8, 4) is 0 Å². The number of hydrogen-bond acceptors (Lipinski definition) is 3. The van der Waals surface area contributed by atoms with Crippen molar-refractivity contribution >= 4 is 0 Å². The summed E-state index contributed by atoms with van der Waals surface area (Å²) >= 11 is 0. The highest BCUT2D eigenvalue weighted by Crippen LogP contribution is 2.25. The summed E-state index contributed by atoms with van der Waals surface area (Å²) in [6.45, 7) is 16.1. The fraction of sp³-hybridized carbons (Fsp3) is 1.00. The normalized spacial score (nSPS) is 33.8. The summed E-state index contributed by atoms with van der Waals surface area (Å²) in [6, 6.07) is 0.775. The van der Waals surface area contributed by atoms with Gasteiger partial charge in [0, 0.05) is 37.8 Å². The zero-order valence-electron chi connectivity index (χ0n) is 12.8. The van der Waals surface area contributed by atoms with Gasteiger partial charge in [0.1, 0.15) is 0 Å². The molecule has 2 aliphatic rings. The van der Waals surface area contributed by atoms with Crippen LogP contribution in [0.3, 0.4) is 0 Å². The molecular formula is C15H30N2O. The van der Waals surface area contributed by atoms with Crippen LogP contribution in [0.5, 0.6) is 0 Å². The average Bonchev–Trinajstić information content (AvgIpc) is 2.27. The molecule has 0 spiro atoms. The van der Waals surface area contributed by atoms with Crippen molar-refractivity contribution in [1.29, 1.82) is 0 Å². The third-order valence-corrected chi connectivity index (χ3v) is 4.38. The van der Waals surface area contributed by atoms with Gasteiger partial charge in [-0.1, -0.05) is 0 Å². The van der Waals surface area contributed by atoms with Crippen LogP contribution in [0, 0.1) is 0 Å². The minimum atomic E-state index is 0.330. The van der Waals surface area contributed by atoms with E-state index in [4.69, 9.17) is 4.74 Å². The van der Waals surface area contributed by atoms with E-state index < -0.39 is 0 Å². The molecule has 2 saturated heterocycles. The van der Waals surface area contributed by atoms with Crippen LogP contribution in [-0.2, 0) is 4.74 Å². The van der Waals surface area contributed by atoms with E-state index in [1.54, 1.807) is 0 Å². The van der Waals surface area contributed by atoms with Crippen molar-refractivity contribution in [3.05, 3.63) is 0 Å². The molecule has 2 aliphatic heterocycles. The molecule has 3 nitrogen and oxygen atoms in total. The fourth-order valence-electron chi connectivity index (χ4n) is 3.42. The average molecular weight is 254 g/mol. The minimum Gasteiger partial charge on any atom is -0.373 e. The van der Waals surface area contributed by atoms with Gasteiger partial charge in [-0.05, 0) is 47.5 Å². The second kappa shape index (κ2) is 5.48. The van der Waals surface area contributed by atoms with Gasteiger partial charge < -0.3 is 4.74 Å². The first-order valence-electron chi connectivity index (χ1n) is 7.51. The predicted molar refractivity (Wildman–Crippen MR) is 75.9 cm³/mol. The molecule has 0 aromatic rings. The van der Waals surface area contributed by atoms with Crippen molar-refractivity contribution < 1.29 is 4.74 Å². The number of ether oxygens (including phenoxy) is 1. The van der Waals surface area contributed by atoms with Crippen molar-refractivity contribution in [2.45, 2.75) is 71.2 Å². The van der Waals surface area contributed by atoms with E-state index in [1.165, 1.54) is 25.9 Å². The predicted octanol–water partition coefficient (Wildman–Crippen LogP) is 2.36. The van der Waals surface area contributed by atoms with Gasteiger partial charge in [-0.2, -0.15) is 0 Å². The second-order valence-corrected chi connectivity index (χ2v) is 7.10. The maximum atomic E-state index is 5.83. The Labute approximate surface area is 112 Å². The summed E-state index contributed by atoms with van der Waals surface area (Å²) in [5.41, 5.74) is 0.330. The Hall–Kier alpha value is -0.120. The first-order chi connectivity index (χ1) is 8.36. The minimum absolute atomic E-state index is 0.330. The molecule has 3 heteroatoms. The Bertz CT molecular complexity index is 256. The standard InChI is InChI=1S/C15H30N2O/c1-12-10-16(11-13(2)18-12)14-6-8-17(9-7-14)15(3,4)5/h12-14H,6-11H2,1-5H3. The molecule has 2 heterocycles. The number of nitrogens with zero attached hydrogens (tertiary/aromatic N) is 2. The van der Waals surface area contributed by atoms with Crippen LogP contribution in [0.25, 0.3) is 0 Å². The number of hydrogen-bond donors (Lipinski definition) is 0. The molecule has 0 aliphatic carbocycles. The van der Waals surface area contributed by atoms with Gasteiger partial charge in [-0.15, -0.1) is 0 Å². The van der Waals surface area contributed by atoms with Gasteiger partial charge in [-0.3, -0.25) is 9.80 Å². The summed E-state index contributed by atoms with van der Waals surface area (Å²) in [4.78, 5) is 5.29. The van der Waals surface area contributed by atoms with E-state index in [-0.39, 0.29) is 0 Å². The molecule has 106 valence electrons. The molecule has 0 bridgehead atoms. The molecule has 0 aromatic heterocycles. The topological polar surface area (TPSA) is 15.7 Å². The van der Waals surface area contributed by atoms with Crippen molar-refractivity contribution in [2.75, 3.05) is 26.2 Å². The highest BCUT2D eigenvalue weighted by Gasteiger charge is 2.32. The second-order valence-electron chi connectivity index (χ2n) is 7.10. The third kappa shape index (κ3) is 3.46. The van der Waals surface area contributed by atoms with E-state index in [0.717, 1.165) is 19.1 Å². The highest BCUT2D eigenvalue weighted by atomic mass is 16.5. The lowest BCUT2D eigenvalue weighted by Crippen LogP contribution is -2.55. The van der Waals surface area contributed by atoms with E-state index in [0.29, 0.717) is 17.7 Å². The molecule has 18 heavy (non-hydrogen) atoms.